The number of hydrogen-bond acceptors (Lipinski definition) is 2. The topological polar surface area (TPSA) is 39.7 Å². The minimum absolute atomic E-state index is 0.0385. The van der Waals surface area contributed by atoms with Gasteiger partial charge in [-0.3, -0.25) is 9.89 Å². The lowest BCUT2D eigenvalue weighted by atomic mass is 10.1. The van der Waals surface area contributed by atoms with Crippen molar-refractivity contribution in [2.24, 2.45) is 4.99 Å². The molecule has 0 fully saturated rings. The molecule has 0 atom stereocenters. The molecule has 0 amide bonds. The van der Waals surface area contributed by atoms with Crippen LogP contribution in [0.15, 0.2) is 4.99 Å². The third kappa shape index (κ3) is 8.87. The van der Waals surface area contributed by atoms with Gasteiger partial charge in [-0.05, 0) is 55.4 Å². The second kappa shape index (κ2) is 8.41. The van der Waals surface area contributed by atoms with Crippen LogP contribution < -0.4 is 10.6 Å². The maximum absolute atomic E-state index is 4.66. The summed E-state index contributed by atoms with van der Waals surface area (Å²) < 4.78 is 0. The molecule has 0 aromatic heterocycles. The molecule has 0 unspecified atom stereocenters. The predicted octanol–water partition coefficient (Wildman–Crippen LogP) is 2.46. The molecule has 0 aliphatic carbocycles. The van der Waals surface area contributed by atoms with Crippen molar-refractivity contribution in [3.8, 4) is 0 Å². The third-order valence-electron chi connectivity index (χ3n) is 2.79. The van der Waals surface area contributed by atoms with E-state index >= 15 is 0 Å². The Labute approximate surface area is 120 Å². The normalized spacial score (nSPS) is 13.5. The van der Waals surface area contributed by atoms with Crippen LogP contribution in [0.2, 0.25) is 0 Å². The molecule has 0 spiro atoms. The van der Waals surface area contributed by atoms with Crippen molar-refractivity contribution in [2.45, 2.75) is 73.0 Å². The Balaban J connectivity index is 4.45. The van der Waals surface area contributed by atoms with E-state index in [0.717, 1.165) is 25.6 Å². The maximum atomic E-state index is 4.66. The minimum atomic E-state index is 0.0385. The molecular formula is C15H34N4. The highest BCUT2D eigenvalue weighted by molar-refractivity contribution is 5.80. The number of hydrogen-bond donors (Lipinski definition) is 2. The lowest BCUT2D eigenvalue weighted by molar-refractivity contribution is 0.181. The first-order valence-electron chi connectivity index (χ1n) is 7.49. The van der Waals surface area contributed by atoms with Gasteiger partial charge in [0.2, 0.25) is 0 Å². The summed E-state index contributed by atoms with van der Waals surface area (Å²) >= 11 is 0. The van der Waals surface area contributed by atoms with E-state index in [9.17, 15) is 0 Å². The summed E-state index contributed by atoms with van der Waals surface area (Å²) in [6.07, 6.45) is 0. The Morgan fingerprint density at radius 3 is 2.00 bits per heavy atom. The fraction of sp³-hybridized carbons (Fsp3) is 0.933. The minimum Gasteiger partial charge on any atom is -0.357 e. The van der Waals surface area contributed by atoms with Gasteiger partial charge in [-0.1, -0.05) is 0 Å². The standard InChI is InChI=1S/C15H34N4/c1-9-16-14(18-15(6,7)8)17-10-11-19(12(2)3)13(4)5/h12-13H,9-11H2,1-8H3,(H2,16,17,18). The Morgan fingerprint density at radius 1 is 1.11 bits per heavy atom. The average Bonchev–Trinajstić information content (AvgIpc) is 2.21. The second-order valence-electron chi connectivity index (χ2n) is 6.56. The van der Waals surface area contributed by atoms with Crippen molar-refractivity contribution in [2.75, 3.05) is 19.6 Å². The average molecular weight is 270 g/mol. The van der Waals surface area contributed by atoms with Gasteiger partial charge in [-0.15, -0.1) is 0 Å². The van der Waals surface area contributed by atoms with Gasteiger partial charge < -0.3 is 10.6 Å². The zero-order valence-corrected chi connectivity index (χ0v) is 14.2. The van der Waals surface area contributed by atoms with Crippen LogP contribution >= 0.6 is 0 Å². The van der Waals surface area contributed by atoms with Gasteiger partial charge in [0.15, 0.2) is 5.96 Å². The fourth-order valence-corrected chi connectivity index (χ4v) is 2.05. The van der Waals surface area contributed by atoms with Gasteiger partial charge in [0.05, 0.1) is 6.54 Å². The molecule has 114 valence electrons. The van der Waals surface area contributed by atoms with E-state index in [4.69, 9.17) is 0 Å². The van der Waals surface area contributed by atoms with Crippen LogP contribution in [-0.2, 0) is 0 Å². The van der Waals surface area contributed by atoms with Gasteiger partial charge in [0.1, 0.15) is 0 Å². The molecular weight excluding hydrogens is 236 g/mol. The molecule has 4 heteroatoms. The van der Waals surface area contributed by atoms with E-state index < -0.39 is 0 Å². The Morgan fingerprint density at radius 2 is 1.63 bits per heavy atom. The van der Waals surface area contributed by atoms with Crippen LogP contribution in [0.1, 0.15) is 55.4 Å². The molecule has 19 heavy (non-hydrogen) atoms. The molecule has 0 radical (unpaired) electrons. The smallest absolute Gasteiger partial charge is 0.191 e. The maximum Gasteiger partial charge on any atom is 0.191 e. The number of nitrogens with zero attached hydrogens (tertiary/aromatic N) is 2. The molecule has 0 heterocycles. The summed E-state index contributed by atoms with van der Waals surface area (Å²) in [6, 6.07) is 1.13. The summed E-state index contributed by atoms with van der Waals surface area (Å²) in [5.74, 6) is 0.905. The molecule has 0 rings (SSSR count). The van der Waals surface area contributed by atoms with Gasteiger partial charge in [-0.2, -0.15) is 0 Å². The number of guanidine groups is 1. The van der Waals surface area contributed by atoms with E-state index in [1.165, 1.54) is 0 Å². The molecule has 0 aromatic rings. The van der Waals surface area contributed by atoms with Crippen molar-refractivity contribution in [1.29, 1.82) is 0 Å². The van der Waals surface area contributed by atoms with Gasteiger partial charge in [-0.25, -0.2) is 0 Å². The van der Waals surface area contributed by atoms with E-state index in [1.807, 2.05) is 0 Å². The second-order valence-corrected chi connectivity index (χ2v) is 6.56. The molecule has 0 aromatic carbocycles. The van der Waals surface area contributed by atoms with Gasteiger partial charge in [0.25, 0.3) is 0 Å². The predicted molar refractivity (Wildman–Crippen MR) is 85.8 cm³/mol. The van der Waals surface area contributed by atoms with Crippen LogP contribution in [0.3, 0.4) is 0 Å². The van der Waals surface area contributed by atoms with E-state index in [2.05, 4.69) is 75.9 Å². The quantitative estimate of drug-likeness (QED) is 0.575. The highest BCUT2D eigenvalue weighted by atomic mass is 15.2. The molecule has 0 bridgehead atoms. The highest BCUT2D eigenvalue weighted by Gasteiger charge is 2.14. The molecule has 0 saturated carbocycles. The zero-order valence-electron chi connectivity index (χ0n) is 14.2. The molecule has 0 aliphatic heterocycles. The van der Waals surface area contributed by atoms with Crippen molar-refractivity contribution < 1.29 is 0 Å². The van der Waals surface area contributed by atoms with Crippen molar-refractivity contribution in [3.05, 3.63) is 0 Å². The van der Waals surface area contributed by atoms with Crippen LogP contribution in [-0.4, -0.2) is 48.1 Å². The van der Waals surface area contributed by atoms with Gasteiger partial charge in [0, 0.05) is 30.7 Å². The third-order valence-corrected chi connectivity index (χ3v) is 2.79. The lowest BCUT2D eigenvalue weighted by Gasteiger charge is -2.30. The van der Waals surface area contributed by atoms with Crippen molar-refractivity contribution >= 4 is 5.96 Å². The Kier molecular flexibility index (Phi) is 8.07. The van der Waals surface area contributed by atoms with Crippen LogP contribution in [0.4, 0.5) is 0 Å². The lowest BCUT2D eigenvalue weighted by Crippen LogP contribution is -2.48. The largest absolute Gasteiger partial charge is 0.357 e. The summed E-state index contributed by atoms with van der Waals surface area (Å²) in [5, 5.41) is 6.70. The molecule has 4 nitrogen and oxygen atoms in total. The Hall–Kier alpha value is -0.770. The summed E-state index contributed by atoms with van der Waals surface area (Å²) in [5.41, 5.74) is 0.0385. The summed E-state index contributed by atoms with van der Waals surface area (Å²) in [6.45, 7) is 20.2. The first-order valence-corrected chi connectivity index (χ1v) is 7.49. The van der Waals surface area contributed by atoms with Crippen LogP contribution in [0.25, 0.3) is 0 Å². The van der Waals surface area contributed by atoms with E-state index in [-0.39, 0.29) is 5.54 Å². The molecule has 0 saturated heterocycles. The number of nitrogens with one attached hydrogen (secondary N) is 2. The fourth-order valence-electron chi connectivity index (χ4n) is 2.05. The highest BCUT2D eigenvalue weighted by Crippen LogP contribution is 2.04. The monoisotopic (exact) mass is 270 g/mol. The van der Waals surface area contributed by atoms with Crippen molar-refractivity contribution in [3.63, 3.8) is 0 Å². The number of aliphatic imine (C=N–C) groups is 1. The first kappa shape index (κ1) is 18.2. The summed E-state index contributed by atoms with van der Waals surface area (Å²) in [7, 11) is 0. The first-order chi connectivity index (χ1) is 8.67. The molecule has 0 aliphatic rings. The van der Waals surface area contributed by atoms with E-state index in [0.29, 0.717) is 12.1 Å². The Bertz CT molecular complexity index is 256. The summed E-state index contributed by atoms with van der Waals surface area (Å²) in [4.78, 5) is 7.12. The van der Waals surface area contributed by atoms with E-state index in [1.54, 1.807) is 0 Å². The van der Waals surface area contributed by atoms with Crippen molar-refractivity contribution in [1.82, 2.24) is 15.5 Å². The van der Waals surface area contributed by atoms with Gasteiger partial charge >= 0.3 is 0 Å². The number of rotatable bonds is 6. The van der Waals surface area contributed by atoms with Crippen LogP contribution in [0.5, 0.6) is 0 Å². The molecule has 2 N–H and O–H groups in total. The van der Waals surface area contributed by atoms with Crippen LogP contribution in [0, 0.1) is 0 Å². The SMILES string of the molecule is CCNC(=NCCN(C(C)C)C(C)C)NC(C)(C)C. The zero-order chi connectivity index (χ0) is 15.1.